The van der Waals surface area contributed by atoms with Crippen molar-refractivity contribution in [2.75, 3.05) is 0 Å². The summed E-state index contributed by atoms with van der Waals surface area (Å²) in [7, 11) is 0. The normalized spacial score (nSPS) is 10.9. The molecule has 0 saturated heterocycles. The van der Waals surface area contributed by atoms with Gasteiger partial charge in [0.15, 0.2) is 0 Å². The number of hydrogen-bond acceptors (Lipinski definition) is 2. The van der Waals surface area contributed by atoms with Gasteiger partial charge in [-0.25, -0.2) is 9.67 Å². The number of hydrogen-bond donors (Lipinski definition) is 0. The smallest absolute Gasteiger partial charge is 0.137 e. The van der Waals surface area contributed by atoms with Crippen LogP contribution in [0.5, 0.6) is 0 Å². The molecule has 15 heavy (non-hydrogen) atoms. The fraction of sp³-hybridized carbons (Fsp3) is 0.500. The molecule has 0 N–H and O–H groups in total. The maximum atomic E-state index is 4.02. The van der Waals surface area contributed by atoms with Crippen LogP contribution in [0.25, 0.3) is 0 Å². The topological polar surface area (TPSA) is 30.7 Å². The summed E-state index contributed by atoms with van der Waals surface area (Å²) in [4.78, 5) is 3.88. The van der Waals surface area contributed by atoms with Crippen LogP contribution >= 0.6 is 0 Å². The predicted molar refractivity (Wildman–Crippen MR) is 62.4 cm³/mol. The van der Waals surface area contributed by atoms with Crippen molar-refractivity contribution in [2.45, 2.75) is 38.6 Å². The second kappa shape index (κ2) is 7.97. The zero-order chi connectivity index (χ0) is 10.8. The second-order valence-electron chi connectivity index (χ2n) is 3.52. The molecule has 3 nitrogen and oxygen atoms in total. The molecule has 0 aliphatic carbocycles. The van der Waals surface area contributed by atoms with E-state index in [9.17, 15) is 0 Å². The molecule has 0 fully saturated rings. The van der Waals surface area contributed by atoms with E-state index < -0.39 is 0 Å². The van der Waals surface area contributed by atoms with E-state index in [4.69, 9.17) is 0 Å². The molecule has 0 unspecified atom stereocenters. The summed E-state index contributed by atoms with van der Waals surface area (Å²) in [5, 5.41) is 4.02. The Hall–Kier alpha value is -1.38. The largest absolute Gasteiger partial charge is 0.249 e. The van der Waals surface area contributed by atoms with E-state index in [1.165, 1.54) is 19.3 Å². The van der Waals surface area contributed by atoms with Crippen LogP contribution in [-0.4, -0.2) is 14.8 Å². The van der Waals surface area contributed by atoms with Gasteiger partial charge in [0.25, 0.3) is 0 Å². The molecule has 82 valence electrons. The van der Waals surface area contributed by atoms with Gasteiger partial charge in [-0.3, -0.25) is 0 Å². The van der Waals surface area contributed by atoms with Crippen molar-refractivity contribution in [2.24, 2.45) is 0 Å². The van der Waals surface area contributed by atoms with Crippen molar-refractivity contribution in [1.29, 1.82) is 0 Å². The SMILES string of the molecule is C=CCCCCC/C=C/Cn1cncn1. The summed E-state index contributed by atoms with van der Waals surface area (Å²) in [5.41, 5.74) is 0. The van der Waals surface area contributed by atoms with E-state index in [0.29, 0.717) is 0 Å². The lowest BCUT2D eigenvalue weighted by Gasteiger charge is -1.95. The fourth-order valence-electron chi connectivity index (χ4n) is 1.36. The summed E-state index contributed by atoms with van der Waals surface area (Å²) in [6, 6.07) is 0. The predicted octanol–water partition coefficient (Wildman–Crippen LogP) is 2.97. The first-order valence-electron chi connectivity index (χ1n) is 5.52. The van der Waals surface area contributed by atoms with Crippen LogP contribution in [0.4, 0.5) is 0 Å². The van der Waals surface area contributed by atoms with Crippen LogP contribution in [0.15, 0.2) is 37.5 Å². The number of aromatic nitrogens is 3. The van der Waals surface area contributed by atoms with Gasteiger partial charge in [0.1, 0.15) is 12.7 Å². The molecule has 1 heterocycles. The Labute approximate surface area is 91.5 Å². The number of unbranched alkanes of at least 4 members (excludes halogenated alkanes) is 4. The average Bonchev–Trinajstić information content (AvgIpc) is 2.75. The quantitative estimate of drug-likeness (QED) is 0.482. The molecule has 3 heteroatoms. The van der Waals surface area contributed by atoms with E-state index in [2.05, 4.69) is 28.8 Å². The highest BCUT2D eigenvalue weighted by molar-refractivity contribution is 4.81. The zero-order valence-electron chi connectivity index (χ0n) is 9.18. The van der Waals surface area contributed by atoms with E-state index >= 15 is 0 Å². The first-order valence-corrected chi connectivity index (χ1v) is 5.52. The Morgan fingerprint density at radius 3 is 2.73 bits per heavy atom. The van der Waals surface area contributed by atoms with Gasteiger partial charge < -0.3 is 0 Å². The molecular formula is C12H19N3. The third-order valence-corrected chi connectivity index (χ3v) is 2.20. The molecule has 0 spiro atoms. The van der Waals surface area contributed by atoms with Gasteiger partial charge in [0.05, 0.1) is 6.54 Å². The minimum absolute atomic E-state index is 0.826. The lowest BCUT2D eigenvalue weighted by molar-refractivity contribution is 0.682. The zero-order valence-corrected chi connectivity index (χ0v) is 9.18. The van der Waals surface area contributed by atoms with Gasteiger partial charge in [0, 0.05) is 0 Å². The van der Waals surface area contributed by atoms with Gasteiger partial charge in [-0.05, 0) is 25.7 Å². The van der Waals surface area contributed by atoms with Crippen molar-refractivity contribution in [3.63, 3.8) is 0 Å². The van der Waals surface area contributed by atoms with Crippen LogP contribution < -0.4 is 0 Å². The van der Waals surface area contributed by atoms with Gasteiger partial charge in [0.2, 0.25) is 0 Å². The lowest BCUT2D eigenvalue weighted by atomic mass is 10.1. The standard InChI is InChI=1S/C12H19N3/c1-2-3-4-5-6-7-8-9-10-15-12-13-11-14-15/h2,8-9,11-12H,1,3-7,10H2/b9-8+. The third kappa shape index (κ3) is 5.83. The minimum atomic E-state index is 0.826. The maximum absolute atomic E-state index is 4.02. The monoisotopic (exact) mass is 205 g/mol. The summed E-state index contributed by atoms with van der Waals surface area (Å²) in [5.74, 6) is 0. The fourth-order valence-corrected chi connectivity index (χ4v) is 1.36. The lowest BCUT2D eigenvalue weighted by Crippen LogP contribution is -1.94. The van der Waals surface area contributed by atoms with Crippen LogP contribution in [0.3, 0.4) is 0 Å². The van der Waals surface area contributed by atoms with E-state index in [0.717, 1.165) is 19.4 Å². The Balaban J connectivity index is 1.95. The Kier molecular flexibility index (Phi) is 6.21. The molecule has 0 bridgehead atoms. The summed E-state index contributed by atoms with van der Waals surface area (Å²) in [6.07, 6.45) is 15.8. The van der Waals surface area contributed by atoms with Crippen LogP contribution in [0.1, 0.15) is 32.1 Å². The van der Waals surface area contributed by atoms with Gasteiger partial charge in [-0.2, -0.15) is 5.10 Å². The molecule has 0 aliphatic rings. The molecule has 0 atom stereocenters. The molecule has 0 radical (unpaired) electrons. The maximum Gasteiger partial charge on any atom is 0.137 e. The van der Waals surface area contributed by atoms with Gasteiger partial charge in [-0.15, -0.1) is 6.58 Å². The van der Waals surface area contributed by atoms with Crippen LogP contribution in [0, 0.1) is 0 Å². The molecule has 0 saturated carbocycles. The highest BCUT2D eigenvalue weighted by Crippen LogP contribution is 2.03. The summed E-state index contributed by atoms with van der Waals surface area (Å²) >= 11 is 0. The van der Waals surface area contributed by atoms with Crippen molar-refractivity contribution < 1.29 is 0 Å². The molecule has 1 aromatic rings. The molecule has 1 rings (SSSR count). The Morgan fingerprint density at radius 2 is 2.00 bits per heavy atom. The van der Waals surface area contributed by atoms with Gasteiger partial charge in [-0.1, -0.05) is 24.6 Å². The van der Waals surface area contributed by atoms with Crippen LogP contribution in [-0.2, 0) is 6.54 Å². The Morgan fingerprint density at radius 1 is 1.13 bits per heavy atom. The number of allylic oxidation sites excluding steroid dienone is 3. The molecule has 1 aromatic heterocycles. The highest BCUT2D eigenvalue weighted by atomic mass is 15.3. The first-order chi connectivity index (χ1) is 7.43. The number of nitrogens with zero attached hydrogens (tertiary/aromatic N) is 3. The van der Waals surface area contributed by atoms with E-state index in [1.54, 1.807) is 12.7 Å². The van der Waals surface area contributed by atoms with Crippen molar-refractivity contribution in [3.05, 3.63) is 37.5 Å². The minimum Gasteiger partial charge on any atom is -0.249 e. The highest BCUT2D eigenvalue weighted by Gasteiger charge is 1.86. The molecule has 0 aliphatic heterocycles. The summed E-state index contributed by atoms with van der Waals surface area (Å²) in [6.45, 7) is 4.53. The Bertz CT molecular complexity index is 275. The van der Waals surface area contributed by atoms with Crippen molar-refractivity contribution >= 4 is 0 Å². The average molecular weight is 205 g/mol. The van der Waals surface area contributed by atoms with Gasteiger partial charge >= 0.3 is 0 Å². The van der Waals surface area contributed by atoms with Crippen molar-refractivity contribution in [3.8, 4) is 0 Å². The number of rotatable bonds is 8. The molecule has 0 aromatic carbocycles. The second-order valence-corrected chi connectivity index (χ2v) is 3.52. The van der Waals surface area contributed by atoms with Crippen LogP contribution in [0.2, 0.25) is 0 Å². The third-order valence-electron chi connectivity index (χ3n) is 2.20. The van der Waals surface area contributed by atoms with Crippen molar-refractivity contribution in [1.82, 2.24) is 14.8 Å². The van der Waals surface area contributed by atoms with E-state index in [-0.39, 0.29) is 0 Å². The molecular weight excluding hydrogens is 186 g/mol. The summed E-state index contributed by atoms with van der Waals surface area (Å²) < 4.78 is 1.81. The first kappa shape index (κ1) is 11.7. The molecule has 0 amide bonds. The van der Waals surface area contributed by atoms with E-state index in [1.807, 2.05) is 10.8 Å².